The van der Waals surface area contributed by atoms with Gasteiger partial charge in [0.25, 0.3) is 0 Å². The second kappa shape index (κ2) is 6.79. The molecule has 0 aromatic heterocycles. The maximum Gasteiger partial charge on any atom is 0.403 e. The Morgan fingerprint density at radius 1 is 0.833 bits per heavy atom. The monoisotopic (exact) mass is 195 g/mol. The number of rotatable bonds is 7. The molecular weight excluding hydrogens is 175 g/mol. The lowest BCUT2D eigenvalue weighted by molar-refractivity contribution is 0.328. The van der Waals surface area contributed by atoms with Gasteiger partial charge in [0, 0.05) is 0 Å². The Bertz CT molecular complexity index is 101. The van der Waals surface area contributed by atoms with Crippen LogP contribution in [0.3, 0.4) is 0 Å². The molecule has 3 N–H and O–H groups in total. The molecule has 0 saturated carbocycles. The van der Waals surface area contributed by atoms with Gasteiger partial charge in [-0.3, -0.25) is 0 Å². The molecule has 12 heavy (non-hydrogen) atoms. The van der Waals surface area contributed by atoms with Crippen LogP contribution in [0.25, 0.3) is 0 Å². The summed E-state index contributed by atoms with van der Waals surface area (Å²) >= 11 is 0. The molecule has 0 aliphatic heterocycles. The Kier molecular flexibility index (Phi) is 6.96. The molecular formula is C8H20O3P+. The highest BCUT2D eigenvalue weighted by molar-refractivity contribution is 7.58. The second-order valence-corrected chi connectivity index (χ2v) is 5.02. The van der Waals surface area contributed by atoms with E-state index in [0.717, 1.165) is 19.3 Å². The van der Waals surface area contributed by atoms with E-state index < -0.39 is 7.94 Å². The first-order valence-electron chi connectivity index (χ1n) is 4.62. The van der Waals surface area contributed by atoms with Gasteiger partial charge in [0.15, 0.2) is 0 Å². The van der Waals surface area contributed by atoms with Gasteiger partial charge in [-0.05, 0) is 12.8 Å². The first-order valence-corrected chi connectivity index (χ1v) is 6.46. The summed E-state index contributed by atoms with van der Waals surface area (Å²) in [6.07, 6.45) is 6.69. The molecule has 4 heteroatoms. The topological polar surface area (TPSA) is 60.7 Å². The Balaban J connectivity index is 3.01. The van der Waals surface area contributed by atoms with E-state index in [0.29, 0.717) is 0 Å². The number of hydrogen-bond donors (Lipinski definition) is 3. The molecule has 0 unspecified atom stereocenters. The number of hydrogen-bond acceptors (Lipinski definition) is 3. The predicted octanol–water partition coefficient (Wildman–Crippen LogP) is 2.09. The summed E-state index contributed by atoms with van der Waals surface area (Å²) in [4.78, 5) is 25.9. The first kappa shape index (κ1) is 12.3. The second-order valence-electron chi connectivity index (χ2n) is 3.18. The van der Waals surface area contributed by atoms with E-state index in [-0.39, 0.29) is 6.16 Å². The van der Waals surface area contributed by atoms with Gasteiger partial charge in [-0.2, -0.15) is 14.7 Å². The number of unbranched alkanes of at least 4 members (excludes halogenated alkanes) is 5. The van der Waals surface area contributed by atoms with Crippen LogP contribution < -0.4 is 0 Å². The van der Waals surface area contributed by atoms with Crippen LogP contribution in [-0.4, -0.2) is 20.8 Å². The Hall–Kier alpha value is 0.310. The van der Waals surface area contributed by atoms with E-state index in [9.17, 15) is 0 Å². The van der Waals surface area contributed by atoms with Crippen LogP contribution in [-0.2, 0) is 0 Å². The van der Waals surface area contributed by atoms with Crippen molar-refractivity contribution < 1.29 is 14.7 Å². The molecule has 0 aromatic carbocycles. The molecule has 0 atom stereocenters. The summed E-state index contributed by atoms with van der Waals surface area (Å²) in [7, 11) is -3.47. The van der Waals surface area contributed by atoms with Gasteiger partial charge in [-0.1, -0.05) is 32.6 Å². The fourth-order valence-electron chi connectivity index (χ4n) is 1.10. The van der Waals surface area contributed by atoms with Gasteiger partial charge < -0.3 is 0 Å². The maximum absolute atomic E-state index is 8.64. The zero-order valence-electron chi connectivity index (χ0n) is 7.74. The third kappa shape index (κ3) is 10.3. The van der Waals surface area contributed by atoms with Crippen molar-refractivity contribution in [1.82, 2.24) is 0 Å². The van der Waals surface area contributed by atoms with Crippen molar-refractivity contribution in [2.75, 3.05) is 6.16 Å². The summed E-state index contributed by atoms with van der Waals surface area (Å²) in [6, 6.07) is 0. The fourth-order valence-corrected chi connectivity index (χ4v) is 1.75. The minimum absolute atomic E-state index is 0.166. The minimum Gasteiger partial charge on any atom is -0.193 e. The average molecular weight is 195 g/mol. The van der Waals surface area contributed by atoms with Gasteiger partial charge in [0.1, 0.15) is 6.16 Å². The quantitative estimate of drug-likeness (QED) is 0.430. The van der Waals surface area contributed by atoms with Crippen LogP contribution in [0.5, 0.6) is 0 Å². The molecule has 0 bridgehead atoms. The lowest BCUT2D eigenvalue weighted by Crippen LogP contribution is -1.94. The maximum atomic E-state index is 8.64. The normalized spacial score (nSPS) is 12.0. The molecule has 0 spiro atoms. The summed E-state index contributed by atoms with van der Waals surface area (Å²) < 4.78 is 0. The van der Waals surface area contributed by atoms with Crippen LogP contribution in [0.1, 0.15) is 45.4 Å². The molecule has 0 aliphatic rings. The highest BCUT2D eigenvalue weighted by Gasteiger charge is 2.27. The smallest absolute Gasteiger partial charge is 0.193 e. The van der Waals surface area contributed by atoms with Crippen LogP contribution in [0.15, 0.2) is 0 Å². The molecule has 3 nitrogen and oxygen atoms in total. The molecule has 0 rings (SSSR count). The third-order valence-corrected chi connectivity index (χ3v) is 2.73. The standard InChI is InChI=1S/C8H20O3P/c1-2-3-4-5-6-7-8-12(9,10)11/h9-11H,2-8H2,1H3/q+1. The van der Waals surface area contributed by atoms with Crippen LogP contribution in [0, 0.1) is 0 Å². The van der Waals surface area contributed by atoms with E-state index in [1.165, 1.54) is 19.3 Å². The molecule has 0 heterocycles. The van der Waals surface area contributed by atoms with E-state index >= 15 is 0 Å². The third-order valence-electron chi connectivity index (χ3n) is 1.81. The Morgan fingerprint density at radius 3 is 1.83 bits per heavy atom. The van der Waals surface area contributed by atoms with Crippen molar-refractivity contribution in [3.8, 4) is 0 Å². The minimum atomic E-state index is -3.47. The zero-order chi connectivity index (χ0) is 9.45. The van der Waals surface area contributed by atoms with Crippen molar-refractivity contribution in [3.05, 3.63) is 0 Å². The van der Waals surface area contributed by atoms with Gasteiger partial charge in [0.2, 0.25) is 0 Å². The molecule has 0 saturated heterocycles. The SMILES string of the molecule is CCCCCCCC[P+](O)(O)O. The van der Waals surface area contributed by atoms with E-state index in [1.807, 2.05) is 0 Å². The van der Waals surface area contributed by atoms with Crippen molar-refractivity contribution >= 4 is 7.94 Å². The lowest BCUT2D eigenvalue weighted by atomic mass is 10.1. The van der Waals surface area contributed by atoms with Crippen LogP contribution in [0.2, 0.25) is 0 Å². The summed E-state index contributed by atoms with van der Waals surface area (Å²) in [5, 5.41) is 0. The molecule has 0 fully saturated rings. The van der Waals surface area contributed by atoms with Gasteiger partial charge in [0.05, 0.1) is 0 Å². The molecule has 0 radical (unpaired) electrons. The van der Waals surface area contributed by atoms with Crippen molar-refractivity contribution in [2.24, 2.45) is 0 Å². The first-order chi connectivity index (χ1) is 5.56. The highest BCUT2D eigenvalue weighted by Crippen LogP contribution is 2.45. The fraction of sp³-hybridized carbons (Fsp3) is 1.00. The van der Waals surface area contributed by atoms with Crippen molar-refractivity contribution in [1.29, 1.82) is 0 Å². The zero-order valence-corrected chi connectivity index (χ0v) is 8.63. The average Bonchev–Trinajstić information content (AvgIpc) is 1.94. The molecule has 0 aliphatic carbocycles. The molecule has 0 amide bonds. The van der Waals surface area contributed by atoms with Gasteiger partial charge in [-0.25, -0.2) is 0 Å². The van der Waals surface area contributed by atoms with E-state index in [1.54, 1.807) is 0 Å². The highest BCUT2D eigenvalue weighted by atomic mass is 31.2. The summed E-state index contributed by atoms with van der Waals surface area (Å²) in [6.45, 7) is 2.16. The van der Waals surface area contributed by atoms with Gasteiger partial charge >= 0.3 is 7.94 Å². The van der Waals surface area contributed by atoms with Crippen molar-refractivity contribution in [2.45, 2.75) is 45.4 Å². The largest absolute Gasteiger partial charge is 0.403 e. The summed E-state index contributed by atoms with van der Waals surface area (Å²) in [5.41, 5.74) is 0. The Morgan fingerprint density at radius 2 is 1.33 bits per heavy atom. The van der Waals surface area contributed by atoms with Crippen LogP contribution in [0.4, 0.5) is 0 Å². The summed E-state index contributed by atoms with van der Waals surface area (Å²) in [5.74, 6) is 0. The van der Waals surface area contributed by atoms with Crippen molar-refractivity contribution in [3.63, 3.8) is 0 Å². The predicted molar refractivity (Wildman–Crippen MR) is 51.8 cm³/mol. The molecule has 74 valence electrons. The Labute approximate surface area is 75.0 Å². The van der Waals surface area contributed by atoms with E-state index in [2.05, 4.69) is 6.92 Å². The lowest BCUT2D eigenvalue weighted by Gasteiger charge is -2.03. The van der Waals surface area contributed by atoms with Gasteiger partial charge in [-0.15, -0.1) is 0 Å². The molecule has 0 aromatic rings. The van der Waals surface area contributed by atoms with E-state index in [4.69, 9.17) is 14.7 Å². The van der Waals surface area contributed by atoms with Crippen LogP contribution >= 0.6 is 7.94 Å².